The maximum atomic E-state index is 10.6. The fraction of sp³-hybridized carbons (Fsp3) is 1.00. The first-order chi connectivity index (χ1) is 7.25. The van der Waals surface area contributed by atoms with Gasteiger partial charge in [-0.05, 0) is 26.7 Å². The lowest BCUT2D eigenvalue weighted by atomic mass is 9.68. The van der Waals surface area contributed by atoms with Crippen molar-refractivity contribution < 1.29 is 9.84 Å². The van der Waals surface area contributed by atoms with Gasteiger partial charge in [0.1, 0.15) is 0 Å². The molecule has 0 saturated carbocycles. The lowest BCUT2D eigenvalue weighted by molar-refractivity contribution is -0.265. The molecule has 3 nitrogen and oxygen atoms in total. The van der Waals surface area contributed by atoms with Gasteiger partial charge < -0.3 is 15.2 Å². The summed E-state index contributed by atoms with van der Waals surface area (Å²) in [6.07, 6.45) is 2.61. The van der Waals surface area contributed by atoms with Gasteiger partial charge in [-0.1, -0.05) is 20.8 Å². The zero-order valence-electron chi connectivity index (χ0n) is 11.6. The molecular weight excluding hydrogens is 202 g/mol. The van der Waals surface area contributed by atoms with Crippen LogP contribution in [0.15, 0.2) is 0 Å². The third-order valence-electron chi connectivity index (χ3n) is 4.73. The van der Waals surface area contributed by atoms with Gasteiger partial charge >= 0.3 is 0 Å². The van der Waals surface area contributed by atoms with E-state index in [0.29, 0.717) is 6.42 Å². The largest absolute Gasteiger partial charge is 0.365 e. The Bertz CT molecular complexity index is 236. The first-order valence-corrected chi connectivity index (χ1v) is 6.32. The van der Waals surface area contributed by atoms with Gasteiger partial charge in [0.2, 0.25) is 0 Å². The Balaban J connectivity index is 3.08. The molecule has 1 aliphatic heterocycles. The maximum absolute atomic E-state index is 10.6. The minimum atomic E-state index is -1.01. The number of aliphatic hydroxyl groups is 1. The van der Waals surface area contributed by atoms with Gasteiger partial charge in [-0.3, -0.25) is 0 Å². The summed E-state index contributed by atoms with van der Waals surface area (Å²) in [5, 5.41) is 14.3. The van der Waals surface area contributed by atoms with Crippen LogP contribution in [0.25, 0.3) is 0 Å². The summed E-state index contributed by atoms with van der Waals surface area (Å²) < 4.78 is 5.40. The van der Waals surface area contributed by atoms with Crippen molar-refractivity contribution in [3.05, 3.63) is 0 Å². The molecule has 4 unspecified atom stereocenters. The van der Waals surface area contributed by atoms with Crippen LogP contribution >= 0.6 is 0 Å². The van der Waals surface area contributed by atoms with Crippen LogP contribution in [0.5, 0.6) is 0 Å². The summed E-state index contributed by atoms with van der Waals surface area (Å²) in [5.74, 6) is -0.935. The first kappa shape index (κ1) is 13.9. The average Bonchev–Trinajstić information content (AvgIpc) is 2.26. The van der Waals surface area contributed by atoms with Gasteiger partial charge in [0, 0.05) is 30.5 Å². The highest BCUT2D eigenvalue weighted by Gasteiger charge is 2.54. The molecule has 1 aliphatic rings. The maximum Gasteiger partial charge on any atom is 0.171 e. The molecule has 0 aromatic rings. The van der Waals surface area contributed by atoms with Gasteiger partial charge in [0.05, 0.1) is 0 Å². The van der Waals surface area contributed by atoms with Crippen LogP contribution in [0.2, 0.25) is 0 Å². The van der Waals surface area contributed by atoms with Crippen LogP contribution in [0.1, 0.15) is 53.9 Å². The van der Waals surface area contributed by atoms with E-state index < -0.39 is 5.79 Å². The van der Waals surface area contributed by atoms with Crippen LogP contribution < -0.4 is 5.32 Å². The number of hydrogen-bond acceptors (Lipinski definition) is 3. The second-order valence-electron chi connectivity index (χ2n) is 5.76. The van der Waals surface area contributed by atoms with Crippen molar-refractivity contribution in [2.24, 2.45) is 5.92 Å². The zero-order valence-corrected chi connectivity index (χ0v) is 11.6. The van der Waals surface area contributed by atoms with E-state index in [1.54, 1.807) is 7.11 Å². The standard InChI is InChI=1S/C13H27NO2/c1-7-11(4)9-13(15,16-6)10(3)12(5,8-2)14-11/h10,14-15H,7-9H2,1-6H3. The molecule has 3 heteroatoms. The second-order valence-corrected chi connectivity index (χ2v) is 5.76. The number of methoxy groups -OCH3 is 1. The molecule has 16 heavy (non-hydrogen) atoms. The molecule has 96 valence electrons. The number of piperidine rings is 1. The van der Waals surface area contributed by atoms with Crippen LogP contribution in [0.4, 0.5) is 0 Å². The van der Waals surface area contributed by atoms with Crippen molar-refractivity contribution in [3.8, 4) is 0 Å². The van der Waals surface area contributed by atoms with Crippen molar-refractivity contribution in [1.29, 1.82) is 0 Å². The lowest BCUT2D eigenvalue weighted by Crippen LogP contribution is -2.70. The summed E-state index contributed by atoms with van der Waals surface area (Å²) in [4.78, 5) is 0. The van der Waals surface area contributed by atoms with Gasteiger partial charge in [-0.15, -0.1) is 0 Å². The SMILES string of the molecule is CCC1(C)CC(O)(OC)C(C)C(C)(CC)N1. The fourth-order valence-corrected chi connectivity index (χ4v) is 2.91. The Morgan fingerprint density at radius 2 is 1.88 bits per heavy atom. The smallest absolute Gasteiger partial charge is 0.171 e. The average molecular weight is 229 g/mol. The van der Waals surface area contributed by atoms with E-state index in [4.69, 9.17) is 4.74 Å². The summed E-state index contributed by atoms with van der Waals surface area (Å²) >= 11 is 0. The topological polar surface area (TPSA) is 41.5 Å². The highest BCUT2D eigenvalue weighted by Crippen LogP contribution is 2.43. The Hall–Kier alpha value is -0.120. The Morgan fingerprint density at radius 3 is 2.25 bits per heavy atom. The molecule has 1 fully saturated rings. The Morgan fingerprint density at radius 1 is 1.31 bits per heavy atom. The van der Waals surface area contributed by atoms with E-state index in [2.05, 4.69) is 39.9 Å². The molecule has 0 aromatic carbocycles. The molecule has 0 aromatic heterocycles. The first-order valence-electron chi connectivity index (χ1n) is 6.32. The normalized spacial score (nSPS) is 49.3. The Kier molecular flexibility index (Phi) is 3.73. The predicted molar refractivity (Wildman–Crippen MR) is 66.3 cm³/mol. The molecule has 0 amide bonds. The van der Waals surface area contributed by atoms with E-state index >= 15 is 0 Å². The molecule has 0 aliphatic carbocycles. The van der Waals surface area contributed by atoms with Crippen molar-refractivity contribution in [1.82, 2.24) is 5.32 Å². The monoisotopic (exact) mass is 229 g/mol. The van der Waals surface area contributed by atoms with Crippen LogP contribution in [0, 0.1) is 5.92 Å². The summed E-state index contributed by atoms with van der Waals surface area (Å²) in [5.41, 5.74) is -0.129. The molecule has 0 bridgehead atoms. The van der Waals surface area contributed by atoms with Crippen molar-refractivity contribution in [3.63, 3.8) is 0 Å². The molecule has 0 spiro atoms. The van der Waals surface area contributed by atoms with E-state index in [1.165, 1.54) is 0 Å². The van der Waals surface area contributed by atoms with Gasteiger partial charge in [0.25, 0.3) is 0 Å². The van der Waals surface area contributed by atoms with E-state index in [9.17, 15) is 5.11 Å². The summed E-state index contributed by atoms with van der Waals surface area (Å²) in [6.45, 7) is 10.7. The second kappa shape index (κ2) is 4.28. The molecule has 1 heterocycles. The van der Waals surface area contributed by atoms with Crippen molar-refractivity contribution in [2.45, 2.75) is 70.7 Å². The highest BCUT2D eigenvalue weighted by molar-refractivity contribution is 5.07. The fourth-order valence-electron chi connectivity index (χ4n) is 2.91. The molecule has 4 atom stereocenters. The third-order valence-corrected chi connectivity index (χ3v) is 4.73. The minimum absolute atomic E-state index is 0.0535. The third kappa shape index (κ3) is 2.13. The zero-order chi connectivity index (χ0) is 12.6. The lowest BCUT2D eigenvalue weighted by Gasteiger charge is -2.56. The Labute approximate surface area is 99.6 Å². The van der Waals surface area contributed by atoms with Crippen LogP contribution in [-0.4, -0.2) is 29.1 Å². The molecule has 1 saturated heterocycles. The number of ether oxygens (including phenoxy) is 1. The highest BCUT2D eigenvalue weighted by atomic mass is 16.6. The summed E-state index contributed by atoms with van der Waals surface area (Å²) in [7, 11) is 1.61. The minimum Gasteiger partial charge on any atom is -0.365 e. The molecule has 1 rings (SSSR count). The predicted octanol–water partition coefficient (Wildman–Crippen LogP) is 2.29. The van der Waals surface area contributed by atoms with Gasteiger partial charge in [0.15, 0.2) is 5.79 Å². The molecule has 2 N–H and O–H groups in total. The van der Waals surface area contributed by atoms with Crippen molar-refractivity contribution in [2.75, 3.05) is 7.11 Å². The van der Waals surface area contributed by atoms with Crippen LogP contribution in [-0.2, 0) is 4.74 Å². The van der Waals surface area contributed by atoms with Crippen LogP contribution in [0.3, 0.4) is 0 Å². The summed E-state index contributed by atoms with van der Waals surface area (Å²) in [6, 6.07) is 0. The van der Waals surface area contributed by atoms with Gasteiger partial charge in [-0.25, -0.2) is 0 Å². The number of nitrogens with one attached hydrogen (secondary N) is 1. The number of rotatable bonds is 3. The molecular formula is C13H27NO2. The molecule has 0 radical (unpaired) electrons. The van der Waals surface area contributed by atoms with Crippen molar-refractivity contribution >= 4 is 0 Å². The quantitative estimate of drug-likeness (QED) is 0.730. The number of hydrogen-bond donors (Lipinski definition) is 2. The van der Waals surface area contributed by atoms with E-state index in [0.717, 1.165) is 12.8 Å². The van der Waals surface area contributed by atoms with Gasteiger partial charge in [-0.2, -0.15) is 0 Å². The van der Waals surface area contributed by atoms with E-state index in [-0.39, 0.29) is 17.0 Å². The van der Waals surface area contributed by atoms with E-state index in [1.807, 2.05) is 0 Å².